The number of anilines is 1. The van der Waals surface area contributed by atoms with Crippen molar-refractivity contribution in [2.45, 2.75) is 6.42 Å². The Morgan fingerprint density at radius 2 is 1.91 bits per heavy atom. The van der Waals surface area contributed by atoms with E-state index in [4.69, 9.17) is 14.2 Å². The van der Waals surface area contributed by atoms with Crippen molar-refractivity contribution in [2.75, 3.05) is 58.0 Å². The molecule has 2 aliphatic heterocycles. The van der Waals surface area contributed by atoms with Gasteiger partial charge in [0.05, 0.1) is 26.4 Å². The fourth-order valence-electron chi connectivity index (χ4n) is 2.63. The number of carbonyl (C=O) groups is 1. The van der Waals surface area contributed by atoms with Crippen molar-refractivity contribution in [3.05, 3.63) is 24.3 Å². The van der Waals surface area contributed by atoms with Crippen molar-refractivity contribution in [3.63, 3.8) is 0 Å². The first-order chi connectivity index (χ1) is 11.3. The van der Waals surface area contributed by atoms with E-state index in [-0.39, 0.29) is 5.91 Å². The Balaban J connectivity index is 1.37. The van der Waals surface area contributed by atoms with Crippen LogP contribution in [0.25, 0.3) is 0 Å². The quantitative estimate of drug-likeness (QED) is 0.822. The Kier molecular flexibility index (Phi) is 5.85. The summed E-state index contributed by atoms with van der Waals surface area (Å²) in [6, 6.07) is 7.53. The molecular formula is C17H24N2O4. The summed E-state index contributed by atoms with van der Waals surface area (Å²) in [5.74, 6) is 1.24. The minimum atomic E-state index is 0.0410. The van der Waals surface area contributed by atoms with E-state index >= 15 is 0 Å². The standard InChI is InChI=1S/C17H24N2O4/c20-17(11-14-12-22-13-14)18-15-1-3-16(4-2-15)23-10-7-19-5-8-21-9-6-19/h1-4,14H,5-13H2,(H,18,20). The summed E-state index contributed by atoms with van der Waals surface area (Å²) in [4.78, 5) is 14.2. The van der Waals surface area contributed by atoms with E-state index in [9.17, 15) is 4.79 Å². The molecule has 0 atom stereocenters. The normalized spacial score (nSPS) is 19.1. The second-order valence-corrected chi connectivity index (χ2v) is 5.98. The Morgan fingerprint density at radius 1 is 1.17 bits per heavy atom. The highest BCUT2D eigenvalue weighted by Gasteiger charge is 2.21. The zero-order valence-corrected chi connectivity index (χ0v) is 13.3. The van der Waals surface area contributed by atoms with Gasteiger partial charge in [0.1, 0.15) is 12.4 Å². The molecule has 1 N–H and O–H groups in total. The van der Waals surface area contributed by atoms with Crippen molar-refractivity contribution >= 4 is 11.6 Å². The fourth-order valence-corrected chi connectivity index (χ4v) is 2.63. The Labute approximate surface area is 136 Å². The van der Waals surface area contributed by atoms with Crippen molar-refractivity contribution < 1.29 is 19.0 Å². The minimum absolute atomic E-state index is 0.0410. The lowest BCUT2D eigenvalue weighted by Crippen LogP contribution is -2.38. The van der Waals surface area contributed by atoms with Crippen molar-refractivity contribution in [3.8, 4) is 5.75 Å². The van der Waals surface area contributed by atoms with Crippen LogP contribution in [-0.2, 0) is 14.3 Å². The molecule has 6 nitrogen and oxygen atoms in total. The molecule has 1 aromatic carbocycles. The minimum Gasteiger partial charge on any atom is -0.492 e. The van der Waals surface area contributed by atoms with Gasteiger partial charge in [-0.1, -0.05) is 0 Å². The molecule has 0 radical (unpaired) electrons. The van der Waals surface area contributed by atoms with Crippen molar-refractivity contribution in [2.24, 2.45) is 5.92 Å². The average Bonchev–Trinajstić information content (AvgIpc) is 2.54. The van der Waals surface area contributed by atoms with Crippen LogP contribution in [0, 0.1) is 5.92 Å². The highest BCUT2D eigenvalue weighted by Crippen LogP contribution is 2.18. The molecular weight excluding hydrogens is 296 g/mol. The highest BCUT2D eigenvalue weighted by atomic mass is 16.5. The van der Waals surface area contributed by atoms with Gasteiger partial charge in [-0.05, 0) is 24.3 Å². The lowest BCUT2D eigenvalue weighted by molar-refractivity contribution is -0.121. The predicted octanol–water partition coefficient (Wildman–Crippen LogP) is 1.37. The second kappa shape index (κ2) is 8.29. The van der Waals surface area contributed by atoms with Gasteiger partial charge in [0, 0.05) is 37.7 Å². The van der Waals surface area contributed by atoms with Gasteiger partial charge in [0.25, 0.3) is 0 Å². The molecule has 2 aliphatic rings. The Hall–Kier alpha value is -1.63. The number of hydrogen-bond donors (Lipinski definition) is 1. The molecule has 2 saturated heterocycles. The first kappa shape index (κ1) is 16.2. The topological polar surface area (TPSA) is 60.0 Å². The van der Waals surface area contributed by atoms with E-state index in [2.05, 4.69) is 10.2 Å². The molecule has 1 amide bonds. The van der Waals surface area contributed by atoms with Gasteiger partial charge in [0.15, 0.2) is 0 Å². The third-order valence-corrected chi connectivity index (χ3v) is 4.10. The molecule has 6 heteroatoms. The van der Waals surface area contributed by atoms with Crippen LogP contribution >= 0.6 is 0 Å². The first-order valence-corrected chi connectivity index (χ1v) is 8.20. The number of carbonyl (C=O) groups excluding carboxylic acids is 1. The largest absolute Gasteiger partial charge is 0.492 e. The summed E-state index contributed by atoms with van der Waals surface area (Å²) in [6.07, 6.45) is 0.526. The fraction of sp³-hybridized carbons (Fsp3) is 0.588. The maximum absolute atomic E-state index is 11.8. The first-order valence-electron chi connectivity index (χ1n) is 8.20. The molecule has 0 bridgehead atoms. The second-order valence-electron chi connectivity index (χ2n) is 5.98. The van der Waals surface area contributed by atoms with Gasteiger partial charge in [-0.3, -0.25) is 9.69 Å². The molecule has 126 valence electrons. The van der Waals surface area contributed by atoms with E-state index in [1.807, 2.05) is 24.3 Å². The van der Waals surface area contributed by atoms with Crippen LogP contribution in [0.3, 0.4) is 0 Å². The molecule has 23 heavy (non-hydrogen) atoms. The van der Waals surface area contributed by atoms with Crippen LogP contribution in [0.1, 0.15) is 6.42 Å². The number of benzene rings is 1. The van der Waals surface area contributed by atoms with Gasteiger partial charge in [-0.15, -0.1) is 0 Å². The molecule has 0 aromatic heterocycles. The number of amides is 1. The number of morpholine rings is 1. The van der Waals surface area contributed by atoms with Crippen LogP contribution in [0.5, 0.6) is 5.75 Å². The van der Waals surface area contributed by atoms with Crippen molar-refractivity contribution in [1.82, 2.24) is 4.90 Å². The maximum Gasteiger partial charge on any atom is 0.224 e. The smallest absolute Gasteiger partial charge is 0.224 e. The van der Waals surface area contributed by atoms with E-state index < -0.39 is 0 Å². The molecule has 1 aromatic rings. The monoisotopic (exact) mass is 320 g/mol. The molecule has 2 fully saturated rings. The number of nitrogens with zero attached hydrogens (tertiary/aromatic N) is 1. The lowest BCUT2D eigenvalue weighted by Gasteiger charge is -2.26. The summed E-state index contributed by atoms with van der Waals surface area (Å²) < 4.78 is 16.1. The van der Waals surface area contributed by atoms with Crippen LogP contribution in [0.2, 0.25) is 0 Å². The summed E-state index contributed by atoms with van der Waals surface area (Å²) in [7, 11) is 0. The van der Waals surface area contributed by atoms with Crippen molar-refractivity contribution in [1.29, 1.82) is 0 Å². The highest BCUT2D eigenvalue weighted by molar-refractivity contribution is 5.90. The van der Waals surface area contributed by atoms with Crippen LogP contribution in [-0.4, -0.2) is 63.5 Å². The number of ether oxygens (including phenoxy) is 3. The van der Waals surface area contributed by atoms with Gasteiger partial charge >= 0.3 is 0 Å². The third kappa shape index (κ3) is 5.20. The van der Waals surface area contributed by atoms with Gasteiger partial charge < -0.3 is 19.5 Å². The number of nitrogens with one attached hydrogen (secondary N) is 1. The molecule has 0 spiro atoms. The van der Waals surface area contributed by atoms with E-state index in [1.54, 1.807) is 0 Å². The van der Waals surface area contributed by atoms with Crippen LogP contribution < -0.4 is 10.1 Å². The van der Waals surface area contributed by atoms with Crippen LogP contribution in [0.4, 0.5) is 5.69 Å². The summed E-state index contributed by atoms with van der Waals surface area (Å²) in [5.41, 5.74) is 0.802. The van der Waals surface area contributed by atoms with Gasteiger partial charge in [-0.2, -0.15) is 0 Å². The molecule has 0 aliphatic carbocycles. The summed E-state index contributed by atoms with van der Waals surface area (Å²) in [6.45, 7) is 6.52. The van der Waals surface area contributed by atoms with E-state index in [0.29, 0.717) is 32.2 Å². The molecule has 2 heterocycles. The zero-order chi connectivity index (χ0) is 15.9. The lowest BCUT2D eigenvalue weighted by atomic mass is 10.0. The Morgan fingerprint density at radius 3 is 2.57 bits per heavy atom. The molecule has 0 unspecified atom stereocenters. The van der Waals surface area contributed by atoms with E-state index in [1.165, 1.54) is 0 Å². The summed E-state index contributed by atoms with van der Waals surface area (Å²) >= 11 is 0. The predicted molar refractivity (Wildman–Crippen MR) is 86.8 cm³/mol. The third-order valence-electron chi connectivity index (χ3n) is 4.10. The zero-order valence-electron chi connectivity index (χ0n) is 13.3. The number of hydrogen-bond acceptors (Lipinski definition) is 5. The average molecular weight is 320 g/mol. The number of rotatable bonds is 7. The summed E-state index contributed by atoms with van der Waals surface area (Å²) in [5, 5.41) is 2.90. The maximum atomic E-state index is 11.8. The van der Waals surface area contributed by atoms with E-state index in [0.717, 1.165) is 44.3 Å². The Bertz CT molecular complexity index is 496. The molecule has 3 rings (SSSR count). The SMILES string of the molecule is O=C(CC1COC1)Nc1ccc(OCCN2CCOCC2)cc1. The molecule has 0 saturated carbocycles. The van der Waals surface area contributed by atoms with Gasteiger partial charge in [-0.25, -0.2) is 0 Å². The van der Waals surface area contributed by atoms with Gasteiger partial charge in [0.2, 0.25) is 5.91 Å². The van der Waals surface area contributed by atoms with Crippen LogP contribution in [0.15, 0.2) is 24.3 Å².